The second-order valence-electron chi connectivity index (χ2n) is 7.91. The van der Waals surface area contributed by atoms with Gasteiger partial charge in [0.05, 0.1) is 25.3 Å². The van der Waals surface area contributed by atoms with Crippen molar-refractivity contribution in [2.24, 2.45) is 0 Å². The van der Waals surface area contributed by atoms with Gasteiger partial charge in [0.2, 0.25) is 0 Å². The van der Waals surface area contributed by atoms with Crippen molar-refractivity contribution in [3.8, 4) is 0 Å². The van der Waals surface area contributed by atoms with Crippen molar-refractivity contribution in [3.63, 3.8) is 0 Å². The molecule has 2 aromatic heterocycles. The van der Waals surface area contributed by atoms with Gasteiger partial charge >= 0.3 is 0 Å². The molecule has 0 bridgehead atoms. The number of fused-ring (bicyclic) bond motifs is 1. The lowest BCUT2D eigenvalue weighted by atomic mass is 10.2. The van der Waals surface area contributed by atoms with Gasteiger partial charge < -0.3 is 9.64 Å². The molecule has 8 heteroatoms. The number of hydrogen-bond donors (Lipinski definition) is 0. The van der Waals surface area contributed by atoms with E-state index < -0.39 is 0 Å². The maximum atomic E-state index is 6.27. The van der Waals surface area contributed by atoms with E-state index in [4.69, 9.17) is 26.3 Å². The van der Waals surface area contributed by atoms with E-state index in [1.54, 1.807) is 11.3 Å². The van der Waals surface area contributed by atoms with Crippen LogP contribution in [0.15, 0.2) is 35.0 Å². The van der Waals surface area contributed by atoms with Crippen LogP contribution >= 0.6 is 22.9 Å². The molecule has 1 aromatic carbocycles. The first-order valence-electron chi connectivity index (χ1n) is 10.5. The van der Waals surface area contributed by atoms with E-state index in [-0.39, 0.29) is 0 Å². The highest BCUT2D eigenvalue weighted by atomic mass is 35.5. The zero-order valence-corrected chi connectivity index (χ0v) is 18.5. The fraction of sp³-hybridized carbons (Fsp3) is 0.455. The summed E-state index contributed by atoms with van der Waals surface area (Å²) in [4.78, 5) is 17.1. The first-order valence-corrected chi connectivity index (χ1v) is 11.8. The number of anilines is 1. The highest BCUT2D eigenvalue weighted by Gasteiger charge is 2.21. The predicted octanol–water partition coefficient (Wildman–Crippen LogP) is 3.50. The summed E-state index contributed by atoms with van der Waals surface area (Å²) in [5.74, 6) is 1.88. The van der Waals surface area contributed by atoms with Crippen LogP contribution in [0, 0.1) is 0 Å². The van der Waals surface area contributed by atoms with Gasteiger partial charge in [0.1, 0.15) is 11.6 Å². The fourth-order valence-electron chi connectivity index (χ4n) is 4.17. The molecular weight excluding hydrogens is 418 g/mol. The highest BCUT2D eigenvalue weighted by molar-refractivity contribution is 7.07. The summed E-state index contributed by atoms with van der Waals surface area (Å²) in [6.07, 6.45) is 0. The monoisotopic (exact) mass is 443 g/mol. The summed E-state index contributed by atoms with van der Waals surface area (Å²) in [6.45, 7) is 9.22. The van der Waals surface area contributed by atoms with Crippen molar-refractivity contribution < 1.29 is 4.74 Å². The molecule has 0 aliphatic carbocycles. The molecule has 0 atom stereocenters. The molecule has 6 nitrogen and oxygen atoms in total. The van der Waals surface area contributed by atoms with Crippen molar-refractivity contribution in [2.75, 3.05) is 57.4 Å². The summed E-state index contributed by atoms with van der Waals surface area (Å²) in [5, 5.41) is 6.17. The largest absolute Gasteiger partial charge is 0.378 e. The number of piperazine rings is 1. The molecule has 30 heavy (non-hydrogen) atoms. The van der Waals surface area contributed by atoms with Gasteiger partial charge in [0, 0.05) is 56.2 Å². The Hall–Kier alpha value is -1.77. The quantitative estimate of drug-likeness (QED) is 0.601. The lowest BCUT2D eigenvalue weighted by Crippen LogP contribution is -2.45. The van der Waals surface area contributed by atoms with Gasteiger partial charge in [-0.15, -0.1) is 0 Å². The van der Waals surface area contributed by atoms with E-state index in [9.17, 15) is 0 Å². The van der Waals surface area contributed by atoms with Crippen LogP contribution < -0.4 is 4.90 Å². The van der Waals surface area contributed by atoms with Crippen LogP contribution in [0.2, 0.25) is 5.02 Å². The van der Waals surface area contributed by atoms with E-state index in [1.807, 2.05) is 18.2 Å². The Kier molecular flexibility index (Phi) is 6.15. The zero-order chi connectivity index (χ0) is 20.3. The van der Waals surface area contributed by atoms with Crippen molar-refractivity contribution in [1.82, 2.24) is 19.8 Å². The number of morpholine rings is 1. The molecule has 0 spiro atoms. The highest BCUT2D eigenvalue weighted by Crippen LogP contribution is 2.27. The zero-order valence-electron chi connectivity index (χ0n) is 17.0. The van der Waals surface area contributed by atoms with E-state index >= 15 is 0 Å². The van der Waals surface area contributed by atoms with Crippen LogP contribution in [0.25, 0.3) is 10.9 Å². The molecule has 2 aliphatic rings. The van der Waals surface area contributed by atoms with Gasteiger partial charge in [-0.05, 0) is 40.6 Å². The molecule has 2 fully saturated rings. The average molecular weight is 444 g/mol. The predicted molar refractivity (Wildman–Crippen MR) is 122 cm³/mol. The van der Waals surface area contributed by atoms with Gasteiger partial charge in [-0.25, -0.2) is 9.97 Å². The fourth-order valence-corrected chi connectivity index (χ4v) is 4.99. The molecule has 0 radical (unpaired) electrons. The molecule has 3 aromatic rings. The molecular formula is C22H26ClN5OS. The molecule has 2 aliphatic heterocycles. The van der Waals surface area contributed by atoms with Crippen LogP contribution in [-0.2, 0) is 17.8 Å². The van der Waals surface area contributed by atoms with E-state index in [0.29, 0.717) is 5.02 Å². The summed E-state index contributed by atoms with van der Waals surface area (Å²) >= 11 is 8.04. The van der Waals surface area contributed by atoms with Gasteiger partial charge in [-0.1, -0.05) is 11.6 Å². The third kappa shape index (κ3) is 4.60. The van der Waals surface area contributed by atoms with Crippen molar-refractivity contribution in [1.29, 1.82) is 0 Å². The smallest absolute Gasteiger partial charge is 0.145 e. The van der Waals surface area contributed by atoms with E-state index in [2.05, 4.69) is 31.5 Å². The summed E-state index contributed by atoms with van der Waals surface area (Å²) < 4.78 is 5.53. The Bertz CT molecular complexity index is 985. The maximum Gasteiger partial charge on any atom is 0.145 e. The van der Waals surface area contributed by atoms with Crippen molar-refractivity contribution >= 4 is 39.7 Å². The SMILES string of the molecule is Clc1ccc2c(N3CCOCC3)nc(CN3CCN(Cc4ccsc4)CC3)nc2c1. The number of hydrogen-bond acceptors (Lipinski definition) is 7. The Labute approximate surface area is 186 Å². The number of halogens is 1. The number of ether oxygens (including phenoxy) is 1. The molecule has 0 N–H and O–H groups in total. The van der Waals surface area contributed by atoms with Crippen LogP contribution in [0.5, 0.6) is 0 Å². The maximum absolute atomic E-state index is 6.27. The molecule has 4 heterocycles. The summed E-state index contributed by atoms with van der Waals surface area (Å²) in [5.41, 5.74) is 2.34. The molecule has 158 valence electrons. The number of nitrogens with zero attached hydrogens (tertiary/aromatic N) is 5. The van der Waals surface area contributed by atoms with Gasteiger partial charge in [-0.3, -0.25) is 9.80 Å². The third-order valence-corrected chi connectivity index (χ3v) is 6.78. The van der Waals surface area contributed by atoms with Gasteiger partial charge in [0.15, 0.2) is 0 Å². The average Bonchev–Trinajstić information content (AvgIpc) is 3.28. The third-order valence-electron chi connectivity index (χ3n) is 5.81. The first kappa shape index (κ1) is 20.2. The van der Waals surface area contributed by atoms with Gasteiger partial charge in [-0.2, -0.15) is 11.3 Å². The van der Waals surface area contributed by atoms with Crippen LogP contribution in [0.4, 0.5) is 5.82 Å². The first-order chi connectivity index (χ1) is 14.7. The van der Waals surface area contributed by atoms with Gasteiger partial charge in [0.25, 0.3) is 0 Å². The van der Waals surface area contributed by atoms with Crippen molar-refractivity contribution in [2.45, 2.75) is 13.1 Å². The number of aromatic nitrogens is 2. The lowest BCUT2D eigenvalue weighted by Gasteiger charge is -2.34. The second-order valence-corrected chi connectivity index (χ2v) is 9.12. The van der Waals surface area contributed by atoms with Crippen molar-refractivity contribution in [3.05, 3.63) is 51.4 Å². The minimum atomic E-state index is 0.710. The standard InChI is InChI=1S/C22H26ClN5OS/c23-18-1-2-19-20(13-18)24-21(25-22(19)28-8-10-29-11-9-28)15-27-6-4-26(5-7-27)14-17-3-12-30-16-17/h1-3,12-13,16H,4-11,14-15H2. The second kappa shape index (κ2) is 9.16. The minimum Gasteiger partial charge on any atom is -0.378 e. The lowest BCUT2D eigenvalue weighted by molar-refractivity contribution is 0.119. The summed E-state index contributed by atoms with van der Waals surface area (Å²) in [7, 11) is 0. The van der Waals surface area contributed by atoms with E-state index in [1.165, 1.54) is 5.56 Å². The Balaban J connectivity index is 1.31. The topological polar surface area (TPSA) is 44.7 Å². The van der Waals surface area contributed by atoms with E-state index in [0.717, 1.165) is 88.1 Å². The number of thiophene rings is 1. The van der Waals surface area contributed by atoms with Crippen LogP contribution in [-0.4, -0.2) is 72.3 Å². The Morgan fingerprint density at radius 2 is 1.70 bits per heavy atom. The molecule has 0 unspecified atom stereocenters. The molecule has 2 saturated heterocycles. The Morgan fingerprint density at radius 3 is 2.43 bits per heavy atom. The number of benzene rings is 1. The molecule has 0 saturated carbocycles. The Morgan fingerprint density at radius 1 is 0.933 bits per heavy atom. The normalized spacial score (nSPS) is 18.9. The molecule has 5 rings (SSSR count). The van der Waals surface area contributed by atoms with Crippen LogP contribution in [0.1, 0.15) is 11.4 Å². The minimum absolute atomic E-state index is 0.710. The number of rotatable bonds is 5. The van der Waals surface area contributed by atoms with Crippen LogP contribution in [0.3, 0.4) is 0 Å². The molecule has 0 amide bonds. The summed E-state index contributed by atoms with van der Waals surface area (Å²) in [6, 6.07) is 8.13.